The zero-order chi connectivity index (χ0) is 13.8. The van der Waals surface area contributed by atoms with Gasteiger partial charge in [-0.15, -0.1) is 0 Å². The second kappa shape index (κ2) is 6.68. The van der Waals surface area contributed by atoms with Crippen LogP contribution in [0.3, 0.4) is 0 Å². The van der Waals surface area contributed by atoms with E-state index in [1.54, 1.807) is 16.4 Å². The van der Waals surface area contributed by atoms with Crippen molar-refractivity contribution >= 4 is 26.0 Å². The van der Waals surface area contributed by atoms with Crippen molar-refractivity contribution in [1.29, 1.82) is 0 Å². The maximum atomic E-state index is 12.5. The Kier molecular flexibility index (Phi) is 5.82. The molecule has 0 bridgehead atoms. The van der Waals surface area contributed by atoms with Gasteiger partial charge in [-0.3, -0.25) is 0 Å². The predicted octanol–water partition coefficient (Wildman–Crippen LogP) is 3.18. The van der Waals surface area contributed by atoms with Crippen LogP contribution in [0.1, 0.15) is 25.8 Å². The van der Waals surface area contributed by atoms with Crippen molar-refractivity contribution in [2.24, 2.45) is 0 Å². The predicted molar refractivity (Wildman–Crippen MR) is 78.6 cm³/mol. The molecule has 0 aliphatic carbocycles. The summed E-state index contributed by atoms with van der Waals surface area (Å²) in [6.45, 7) is 6.29. The molecule has 1 aromatic rings. The molecular formula is C13H20BrNO2S. The second-order valence-corrected chi connectivity index (χ2v) is 7.25. The van der Waals surface area contributed by atoms with Gasteiger partial charge in [0.2, 0.25) is 10.0 Å². The summed E-state index contributed by atoms with van der Waals surface area (Å²) < 4.78 is 26.6. The third-order valence-electron chi connectivity index (χ3n) is 2.72. The summed E-state index contributed by atoms with van der Waals surface area (Å²) in [6, 6.07) is 6.98. The molecule has 0 aromatic heterocycles. The van der Waals surface area contributed by atoms with Crippen LogP contribution in [0.4, 0.5) is 0 Å². The van der Waals surface area contributed by atoms with Crippen molar-refractivity contribution in [3.8, 4) is 0 Å². The summed E-state index contributed by atoms with van der Waals surface area (Å²) in [5.74, 6) is 0. The van der Waals surface area contributed by atoms with Crippen molar-refractivity contribution in [1.82, 2.24) is 4.31 Å². The van der Waals surface area contributed by atoms with Crippen LogP contribution in [0.25, 0.3) is 0 Å². The average Bonchev–Trinajstić information content (AvgIpc) is 2.29. The van der Waals surface area contributed by atoms with Gasteiger partial charge in [0.05, 0.1) is 4.90 Å². The molecule has 0 saturated heterocycles. The highest BCUT2D eigenvalue weighted by molar-refractivity contribution is 9.09. The lowest BCUT2D eigenvalue weighted by Gasteiger charge is -2.25. The Hall–Kier alpha value is -0.390. The highest BCUT2D eigenvalue weighted by Crippen LogP contribution is 2.19. The number of sulfonamides is 1. The first-order chi connectivity index (χ1) is 8.39. The molecule has 18 heavy (non-hydrogen) atoms. The monoisotopic (exact) mass is 333 g/mol. The van der Waals surface area contributed by atoms with Gasteiger partial charge < -0.3 is 0 Å². The third kappa shape index (κ3) is 3.80. The van der Waals surface area contributed by atoms with Gasteiger partial charge in [-0.05, 0) is 39.3 Å². The minimum absolute atomic E-state index is 0.0321. The van der Waals surface area contributed by atoms with E-state index in [9.17, 15) is 8.42 Å². The van der Waals surface area contributed by atoms with Gasteiger partial charge in [0, 0.05) is 17.9 Å². The van der Waals surface area contributed by atoms with Gasteiger partial charge in [0.15, 0.2) is 0 Å². The maximum absolute atomic E-state index is 12.5. The molecule has 0 heterocycles. The van der Waals surface area contributed by atoms with Crippen LogP contribution in [0, 0.1) is 6.92 Å². The number of alkyl halides is 1. The fraction of sp³-hybridized carbons (Fsp3) is 0.538. The summed E-state index contributed by atoms with van der Waals surface area (Å²) >= 11 is 3.34. The minimum atomic E-state index is -3.38. The molecule has 3 nitrogen and oxygen atoms in total. The van der Waals surface area contributed by atoms with E-state index < -0.39 is 10.0 Å². The Morgan fingerprint density at radius 2 is 1.78 bits per heavy atom. The quantitative estimate of drug-likeness (QED) is 0.750. The number of hydrogen-bond donors (Lipinski definition) is 0. The van der Waals surface area contributed by atoms with Crippen LogP contribution < -0.4 is 0 Å². The zero-order valence-electron chi connectivity index (χ0n) is 11.1. The fourth-order valence-corrected chi connectivity index (χ4v) is 3.64. The average molecular weight is 334 g/mol. The molecule has 0 unspecified atom stereocenters. The lowest BCUT2D eigenvalue weighted by Crippen LogP contribution is -2.37. The highest BCUT2D eigenvalue weighted by atomic mass is 79.9. The van der Waals surface area contributed by atoms with E-state index in [0.717, 1.165) is 17.3 Å². The van der Waals surface area contributed by atoms with Crippen molar-refractivity contribution in [2.75, 3.05) is 11.9 Å². The first-order valence-corrected chi connectivity index (χ1v) is 8.60. The largest absolute Gasteiger partial charge is 0.243 e. The molecule has 102 valence electrons. The lowest BCUT2D eigenvalue weighted by atomic mass is 10.2. The fourth-order valence-electron chi connectivity index (χ4n) is 1.72. The van der Waals surface area contributed by atoms with Crippen LogP contribution in [-0.2, 0) is 10.0 Å². The van der Waals surface area contributed by atoms with Gasteiger partial charge in [0.25, 0.3) is 0 Å². The summed E-state index contributed by atoms with van der Waals surface area (Å²) in [5.41, 5.74) is 1.06. The Morgan fingerprint density at radius 1 is 1.22 bits per heavy atom. The van der Waals surface area contributed by atoms with E-state index in [4.69, 9.17) is 0 Å². The molecule has 1 aromatic carbocycles. The molecule has 0 aliphatic heterocycles. The van der Waals surface area contributed by atoms with E-state index in [-0.39, 0.29) is 6.04 Å². The Labute approximate surface area is 118 Å². The maximum Gasteiger partial charge on any atom is 0.243 e. The molecule has 0 fully saturated rings. The standard InChI is InChI=1S/C13H20BrNO2S/c1-11(2)15(10-4-9-14)18(16,17)13-7-5-12(3)6-8-13/h5-8,11H,4,9-10H2,1-3H3. The number of benzene rings is 1. The van der Waals surface area contributed by atoms with E-state index in [0.29, 0.717) is 11.4 Å². The summed E-state index contributed by atoms with van der Waals surface area (Å²) in [5, 5.41) is 0.805. The first kappa shape index (κ1) is 15.7. The third-order valence-corrected chi connectivity index (χ3v) is 5.37. The van der Waals surface area contributed by atoms with Crippen molar-refractivity contribution in [2.45, 2.75) is 38.1 Å². The molecule has 0 radical (unpaired) electrons. The molecule has 5 heteroatoms. The minimum Gasteiger partial charge on any atom is -0.207 e. The van der Waals surface area contributed by atoms with E-state index in [1.165, 1.54) is 0 Å². The Bertz CT molecular complexity index is 468. The molecule has 0 aliphatic rings. The topological polar surface area (TPSA) is 37.4 Å². The molecule has 0 N–H and O–H groups in total. The molecule has 0 saturated carbocycles. The molecule has 0 atom stereocenters. The normalized spacial score (nSPS) is 12.3. The highest BCUT2D eigenvalue weighted by Gasteiger charge is 2.26. The summed E-state index contributed by atoms with van der Waals surface area (Å²) in [4.78, 5) is 0.372. The SMILES string of the molecule is Cc1ccc(S(=O)(=O)N(CCCBr)C(C)C)cc1. The molecular weight excluding hydrogens is 314 g/mol. The van der Waals surface area contributed by atoms with Crippen LogP contribution in [0.15, 0.2) is 29.2 Å². The van der Waals surface area contributed by atoms with Crippen LogP contribution >= 0.6 is 15.9 Å². The van der Waals surface area contributed by atoms with E-state index >= 15 is 0 Å². The number of rotatable bonds is 6. The van der Waals surface area contributed by atoms with Gasteiger partial charge in [-0.25, -0.2) is 8.42 Å². The van der Waals surface area contributed by atoms with Gasteiger partial charge in [-0.2, -0.15) is 4.31 Å². The van der Waals surface area contributed by atoms with E-state index in [1.807, 2.05) is 32.9 Å². The van der Waals surface area contributed by atoms with Crippen LogP contribution in [0.2, 0.25) is 0 Å². The first-order valence-electron chi connectivity index (χ1n) is 6.04. The van der Waals surface area contributed by atoms with Crippen LogP contribution in [0.5, 0.6) is 0 Å². The molecule has 0 amide bonds. The van der Waals surface area contributed by atoms with Crippen molar-refractivity contribution < 1.29 is 8.42 Å². The zero-order valence-corrected chi connectivity index (χ0v) is 13.5. The van der Waals surface area contributed by atoms with Crippen molar-refractivity contribution in [3.63, 3.8) is 0 Å². The number of hydrogen-bond acceptors (Lipinski definition) is 2. The van der Waals surface area contributed by atoms with Crippen molar-refractivity contribution in [3.05, 3.63) is 29.8 Å². The summed E-state index contributed by atoms with van der Waals surface area (Å²) in [6.07, 6.45) is 0.809. The van der Waals surface area contributed by atoms with Crippen LogP contribution in [-0.4, -0.2) is 30.6 Å². The van der Waals surface area contributed by atoms with E-state index in [2.05, 4.69) is 15.9 Å². The van der Waals surface area contributed by atoms with Gasteiger partial charge >= 0.3 is 0 Å². The number of nitrogens with zero attached hydrogens (tertiary/aromatic N) is 1. The number of aryl methyl sites for hydroxylation is 1. The van der Waals surface area contributed by atoms with Gasteiger partial charge in [-0.1, -0.05) is 33.6 Å². The second-order valence-electron chi connectivity index (χ2n) is 4.57. The Morgan fingerprint density at radius 3 is 2.22 bits per heavy atom. The lowest BCUT2D eigenvalue weighted by molar-refractivity contribution is 0.355. The molecule has 1 rings (SSSR count). The Balaban J connectivity index is 3.05. The summed E-state index contributed by atoms with van der Waals surface area (Å²) in [7, 11) is -3.38. The smallest absolute Gasteiger partial charge is 0.207 e. The number of halogens is 1. The molecule has 0 spiro atoms. The van der Waals surface area contributed by atoms with Gasteiger partial charge in [0.1, 0.15) is 0 Å².